The van der Waals surface area contributed by atoms with Gasteiger partial charge in [0.2, 0.25) is 5.43 Å². The molecule has 146 valence electrons. The van der Waals surface area contributed by atoms with Gasteiger partial charge in [0.1, 0.15) is 11.2 Å². The molecule has 0 fully saturated rings. The second-order valence-corrected chi connectivity index (χ2v) is 7.83. The van der Waals surface area contributed by atoms with Gasteiger partial charge in [-0.25, -0.2) is 9.97 Å². The van der Waals surface area contributed by atoms with Crippen LogP contribution < -0.4 is 10.7 Å². The Hall–Kier alpha value is -3.32. The lowest BCUT2D eigenvalue weighted by Crippen LogP contribution is -2.24. The summed E-state index contributed by atoms with van der Waals surface area (Å²) < 4.78 is 1.83. The normalized spacial score (nSPS) is 11.0. The SMILES string of the molecule is CCn1cc(C(=O)Nc2cccc(-c3csc(C)n3)c2)c(=O)c2ccc(C)nc21. The molecule has 4 rings (SSSR count). The summed E-state index contributed by atoms with van der Waals surface area (Å²) in [6.07, 6.45) is 1.58. The molecule has 0 unspecified atom stereocenters. The predicted octanol–water partition coefficient (Wildman–Crippen LogP) is 4.41. The van der Waals surface area contributed by atoms with Gasteiger partial charge in [-0.1, -0.05) is 12.1 Å². The van der Waals surface area contributed by atoms with Gasteiger partial charge in [-0.15, -0.1) is 11.3 Å². The first-order valence-electron chi connectivity index (χ1n) is 9.31. The molecule has 3 heterocycles. The summed E-state index contributed by atoms with van der Waals surface area (Å²) in [5, 5.41) is 6.25. The number of rotatable bonds is 4. The van der Waals surface area contributed by atoms with Crippen LogP contribution in [0.1, 0.15) is 28.0 Å². The molecular weight excluding hydrogens is 384 g/mol. The van der Waals surface area contributed by atoms with Crippen molar-refractivity contribution in [3.63, 3.8) is 0 Å². The summed E-state index contributed by atoms with van der Waals surface area (Å²) in [5.41, 5.74) is 3.59. The van der Waals surface area contributed by atoms with Gasteiger partial charge < -0.3 is 9.88 Å². The van der Waals surface area contributed by atoms with Crippen molar-refractivity contribution in [3.05, 3.63) is 74.5 Å². The van der Waals surface area contributed by atoms with Crippen LogP contribution >= 0.6 is 11.3 Å². The molecule has 1 aromatic carbocycles. The average Bonchev–Trinajstić information content (AvgIpc) is 3.15. The molecule has 0 radical (unpaired) electrons. The number of carbonyl (C=O) groups excluding carboxylic acids is 1. The zero-order valence-corrected chi connectivity index (χ0v) is 17.2. The number of amides is 1. The molecule has 0 aliphatic carbocycles. The minimum atomic E-state index is -0.439. The fraction of sp³-hybridized carbons (Fsp3) is 0.182. The number of anilines is 1. The van der Waals surface area contributed by atoms with E-state index in [-0.39, 0.29) is 11.0 Å². The summed E-state index contributed by atoms with van der Waals surface area (Å²) >= 11 is 1.58. The second-order valence-electron chi connectivity index (χ2n) is 6.77. The molecule has 6 nitrogen and oxygen atoms in total. The summed E-state index contributed by atoms with van der Waals surface area (Å²) in [6.45, 7) is 6.39. The van der Waals surface area contributed by atoms with Gasteiger partial charge >= 0.3 is 0 Å². The van der Waals surface area contributed by atoms with Gasteiger partial charge in [0.25, 0.3) is 5.91 Å². The van der Waals surface area contributed by atoms with E-state index >= 15 is 0 Å². The number of carbonyl (C=O) groups is 1. The van der Waals surface area contributed by atoms with Gasteiger partial charge in [0, 0.05) is 35.1 Å². The van der Waals surface area contributed by atoms with Gasteiger partial charge in [-0.2, -0.15) is 0 Å². The number of aromatic nitrogens is 3. The highest BCUT2D eigenvalue weighted by molar-refractivity contribution is 7.09. The molecule has 0 aliphatic heterocycles. The topological polar surface area (TPSA) is 76.9 Å². The van der Waals surface area contributed by atoms with Crippen LogP contribution in [0.15, 0.2) is 52.8 Å². The molecule has 0 atom stereocenters. The highest BCUT2D eigenvalue weighted by Gasteiger charge is 2.16. The average molecular weight is 404 g/mol. The van der Waals surface area contributed by atoms with Crippen LogP contribution in [0.5, 0.6) is 0 Å². The third-order valence-corrected chi connectivity index (χ3v) is 5.45. The van der Waals surface area contributed by atoms with E-state index in [4.69, 9.17) is 0 Å². The Kier molecular flexibility index (Phi) is 4.98. The zero-order valence-electron chi connectivity index (χ0n) is 16.4. The first-order valence-corrected chi connectivity index (χ1v) is 10.2. The predicted molar refractivity (Wildman–Crippen MR) is 117 cm³/mol. The van der Waals surface area contributed by atoms with E-state index < -0.39 is 5.91 Å². The first kappa shape index (κ1) is 19.0. The van der Waals surface area contributed by atoms with Crippen LogP contribution in [0.2, 0.25) is 0 Å². The minimum absolute atomic E-state index is 0.0971. The van der Waals surface area contributed by atoms with E-state index in [1.165, 1.54) is 0 Å². The molecule has 0 saturated carbocycles. The molecule has 0 aliphatic rings. The Morgan fingerprint density at radius 2 is 2.00 bits per heavy atom. The molecule has 0 spiro atoms. The number of thiazole rings is 1. The summed E-state index contributed by atoms with van der Waals surface area (Å²) in [5.74, 6) is -0.439. The number of aryl methyl sites for hydroxylation is 3. The van der Waals surface area contributed by atoms with Gasteiger partial charge in [0.15, 0.2) is 0 Å². The summed E-state index contributed by atoms with van der Waals surface area (Å²) in [6, 6.07) is 11.0. The standard InChI is InChI=1S/C22H20N4O2S/c1-4-26-11-18(20(27)17-9-8-13(2)23-21(17)26)22(28)25-16-7-5-6-15(10-16)19-12-29-14(3)24-19/h5-12H,4H2,1-3H3,(H,25,28). The molecule has 3 aromatic heterocycles. The Morgan fingerprint density at radius 1 is 1.17 bits per heavy atom. The fourth-order valence-electron chi connectivity index (χ4n) is 3.21. The molecule has 4 aromatic rings. The zero-order chi connectivity index (χ0) is 20.5. The molecule has 0 bridgehead atoms. The number of hydrogen-bond acceptors (Lipinski definition) is 5. The largest absolute Gasteiger partial charge is 0.332 e. The molecule has 1 amide bonds. The van der Waals surface area contributed by atoms with Crippen LogP contribution in [0.3, 0.4) is 0 Å². The van der Waals surface area contributed by atoms with Crippen molar-refractivity contribution >= 4 is 34.0 Å². The van der Waals surface area contributed by atoms with E-state index in [2.05, 4.69) is 15.3 Å². The molecule has 7 heteroatoms. The number of benzene rings is 1. The molecular formula is C22H20N4O2S. The number of fused-ring (bicyclic) bond motifs is 1. The van der Waals surface area contributed by atoms with Crippen molar-refractivity contribution in [2.24, 2.45) is 0 Å². The smallest absolute Gasteiger partial charge is 0.261 e. The van der Waals surface area contributed by atoms with Crippen molar-refractivity contribution in [1.29, 1.82) is 0 Å². The number of hydrogen-bond donors (Lipinski definition) is 1. The van der Waals surface area contributed by atoms with E-state index in [1.807, 2.05) is 48.9 Å². The quantitative estimate of drug-likeness (QED) is 0.547. The molecule has 29 heavy (non-hydrogen) atoms. The van der Waals surface area contributed by atoms with Crippen LogP contribution in [-0.4, -0.2) is 20.4 Å². The van der Waals surface area contributed by atoms with Crippen molar-refractivity contribution in [2.75, 3.05) is 5.32 Å². The fourth-order valence-corrected chi connectivity index (χ4v) is 3.84. The van der Waals surface area contributed by atoms with E-state index in [0.29, 0.717) is 23.3 Å². The third-order valence-electron chi connectivity index (χ3n) is 4.68. The van der Waals surface area contributed by atoms with E-state index in [0.717, 1.165) is 22.0 Å². The van der Waals surface area contributed by atoms with Gasteiger partial charge in [-0.05, 0) is 45.0 Å². The van der Waals surface area contributed by atoms with Gasteiger partial charge in [-0.3, -0.25) is 9.59 Å². The van der Waals surface area contributed by atoms with Crippen LogP contribution in [0.25, 0.3) is 22.3 Å². The Labute approximate surface area is 171 Å². The lowest BCUT2D eigenvalue weighted by Gasteiger charge is -2.12. The van der Waals surface area contributed by atoms with Gasteiger partial charge in [0.05, 0.1) is 16.1 Å². The molecule has 1 N–H and O–H groups in total. The summed E-state index contributed by atoms with van der Waals surface area (Å²) in [7, 11) is 0. The number of pyridine rings is 2. The highest BCUT2D eigenvalue weighted by atomic mass is 32.1. The van der Waals surface area contributed by atoms with Crippen molar-refractivity contribution < 1.29 is 4.79 Å². The first-order chi connectivity index (χ1) is 14.0. The number of nitrogens with one attached hydrogen (secondary N) is 1. The Morgan fingerprint density at radius 3 is 2.72 bits per heavy atom. The molecule has 0 saturated heterocycles. The van der Waals surface area contributed by atoms with E-state index in [1.54, 1.807) is 35.7 Å². The third kappa shape index (κ3) is 3.69. The maximum absolute atomic E-state index is 12.9. The summed E-state index contributed by atoms with van der Waals surface area (Å²) in [4.78, 5) is 34.8. The van der Waals surface area contributed by atoms with Crippen LogP contribution in [0.4, 0.5) is 5.69 Å². The van der Waals surface area contributed by atoms with Crippen molar-refractivity contribution in [1.82, 2.24) is 14.5 Å². The highest BCUT2D eigenvalue weighted by Crippen LogP contribution is 2.24. The minimum Gasteiger partial charge on any atom is -0.332 e. The Bertz CT molecular complexity index is 1290. The maximum atomic E-state index is 12.9. The van der Waals surface area contributed by atoms with Crippen LogP contribution in [-0.2, 0) is 6.54 Å². The monoisotopic (exact) mass is 404 g/mol. The van der Waals surface area contributed by atoms with Crippen molar-refractivity contribution in [2.45, 2.75) is 27.3 Å². The van der Waals surface area contributed by atoms with Crippen LogP contribution in [0, 0.1) is 13.8 Å². The maximum Gasteiger partial charge on any atom is 0.261 e. The second kappa shape index (κ2) is 7.60. The van der Waals surface area contributed by atoms with E-state index in [9.17, 15) is 9.59 Å². The number of nitrogens with zero attached hydrogens (tertiary/aromatic N) is 3. The van der Waals surface area contributed by atoms with Crippen molar-refractivity contribution in [3.8, 4) is 11.3 Å². The lowest BCUT2D eigenvalue weighted by molar-refractivity contribution is 0.102. The lowest BCUT2D eigenvalue weighted by atomic mass is 10.1. The Balaban J connectivity index is 1.71.